The van der Waals surface area contributed by atoms with Crippen LogP contribution in [0.25, 0.3) is 6.08 Å². The molecule has 1 aromatic rings. The number of nitrogens with one attached hydrogen (secondary N) is 2. The number of carboxylic acids is 1. The second-order valence-electron chi connectivity index (χ2n) is 3.18. The molecule has 5 nitrogen and oxygen atoms in total. The molecule has 17 heavy (non-hydrogen) atoms. The monoisotopic (exact) mass is 254 g/mol. The summed E-state index contributed by atoms with van der Waals surface area (Å²) >= 11 is 1.47. The summed E-state index contributed by atoms with van der Waals surface area (Å²) in [6.07, 6.45) is 2.60. The number of carbonyl (C=O) groups excluding carboxylic acids is 1. The highest BCUT2D eigenvalue weighted by molar-refractivity contribution is 7.10. The molecule has 0 aliphatic carbocycles. The standard InChI is InChI=1S/C11H14N2O3S/c1-2-12-11(16)13-7-9-8(5-6-17-9)3-4-10(14)15/h3-6H,2,7H2,1H3,(H,14,15)(H2,12,13,16). The Bertz CT molecular complexity index is 426. The number of amides is 2. The van der Waals surface area contributed by atoms with Crippen LogP contribution in [0.5, 0.6) is 0 Å². The van der Waals surface area contributed by atoms with Crippen molar-refractivity contribution in [2.24, 2.45) is 0 Å². The number of hydrogen-bond acceptors (Lipinski definition) is 3. The van der Waals surface area contributed by atoms with Gasteiger partial charge in [-0.1, -0.05) is 0 Å². The van der Waals surface area contributed by atoms with Gasteiger partial charge in [-0.15, -0.1) is 11.3 Å². The van der Waals surface area contributed by atoms with Crippen molar-refractivity contribution in [1.29, 1.82) is 0 Å². The number of carboxylic acid groups (broad SMARTS) is 1. The Balaban J connectivity index is 2.57. The maximum atomic E-state index is 11.2. The molecule has 0 spiro atoms. The minimum atomic E-state index is -0.987. The van der Waals surface area contributed by atoms with Gasteiger partial charge in [0.15, 0.2) is 0 Å². The van der Waals surface area contributed by atoms with E-state index in [-0.39, 0.29) is 6.03 Å². The molecule has 1 heterocycles. The minimum absolute atomic E-state index is 0.228. The molecule has 0 saturated heterocycles. The molecule has 1 rings (SSSR count). The predicted molar refractivity (Wildman–Crippen MR) is 66.9 cm³/mol. The van der Waals surface area contributed by atoms with Gasteiger partial charge < -0.3 is 15.7 Å². The molecule has 0 aliphatic heterocycles. The first-order valence-electron chi connectivity index (χ1n) is 5.12. The van der Waals surface area contributed by atoms with Crippen LogP contribution in [0.4, 0.5) is 4.79 Å². The largest absolute Gasteiger partial charge is 0.478 e. The first-order valence-corrected chi connectivity index (χ1v) is 6.00. The highest BCUT2D eigenvalue weighted by Gasteiger charge is 2.04. The lowest BCUT2D eigenvalue weighted by molar-refractivity contribution is -0.131. The topological polar surface area (TPSA) is 78.4 Å². The molecule has 0 aromatic carbocycles. The Hall–Kier alpha value is -1.82. The Morgan fingerprint density at radius 1 is 1.47 bits per heavy atom. The molecule has 0 aliphatic rings. The maximum absolute atomic E-state index is 11.2. The van der Waals surface area contributed by atoms with Gasteiger partial charge in [-0.3, -0.25) is 0 Å². The molecular formula is C11H14N2O3S. The van der Waals surface area contributed by atoms with E-state index in [0.717, 1.165) is 16.5 Å². The number of hydrogen-bond donors (Lipinski definition) is 3. The van der Waals surface area contributed by atoms with Gasteiger partial charge in [0.2, 0.25) is 0 Å². The van der Waals surface area contributed by atoms with Gasteiger partial charge in [0, 0.05) is 17.5 Å². The molecule has 92 valence electrons. The van der Waals surface area contributed by atoms with Gasteiger partial charge >= 0.3 is 12.0 Å². The number of rotatable bonds is 5. The average molecular weight is 254 g/mol. The molecule has 1 aromatic heterocycles. The number of urea groups is 1. The van der Waals surface area contributed by atoms with E-state index in [1.54, 1.807) is 0 Å². The summed E-state index contributed by atoms with van der Waals surface area (Å²) in [5.74, 6) is -0.987. The number of thiophene rings is 1. The molecule has 2 amide bonds. The van der Waals surface area contributed by atoms with Crippen LogP contribution in [0.1, 0.15) is 17.4 Å². The van der Waals surface area contributed by atoms with E-state index in [9.17, 15) is 9.59 Å². The lowest BCUT2D eigenvalue weighted by Crippen LogP contribution is -2.34. The van der Waals surface area contributed by atoms with Crippen LogP contribution in [0.2, 0.25) is 0 Å². The fraction of sp³-hybridized carbons (Fsp3) is 0.273. The third-order valence-electron chi connectivity index (χ3n) is 1.93. The van der Waals surface area contributed by atoms with E-state index in [0.29, 0.717) is 13.1 Å². The molecule has 0 unspecified atom stereocenters. The Morgan fingerprint density at radius 2 is 2.24 bits per heavy atom. The number of carbonyl (C=O) groups is 2. The fourth-order valence-electron chi connectivity index (χ4n) is 1.19. The van der Waals surface area contributed by atoms with E-state index < -0.39 is 5.97 Å². The van der Waals surface area contributed by atoms with Gasteiger partial charge in [0.25, 0.3) is 0 Å². The zero-order valence-electron chi connectivity index (χ0n) is 9.40. The van der Waals surface area contributed by atoms with Crippen LogP contribution in [0.3, 0.4) is 0 Å². The van der Waals surface area contributed by atoms with Gasteiger partial charge in [-0.05, 0) is 30.0 Å². The summed E-state index contributed by atoms with van der Waals surface area (Å²) in [6, 6.07) is 1.59. The lowest BCUT2D eigenvalue weighted by Gasteiger charge is -2.04. The van der Waals surface area contributed by atoms with Crippen molar-refractivity contribution < 1.29 is 14.7 Å². The molecule has 3 N–H and O–H groups in total. The minimum Gasteiger partial charge on any atom is -0.478 e. The molecule has 0 fully saturated rings. The summed E-state index contributed by atoms with van der Waals surface area (Å²) in [4.78, 5) is 22.5. The van der Waals surface area contributed by atoms with Crippen molar-refractivity contribution in [3.05, 3.63) is 28.0 Å². The Labute approximate surface area is 103 Å². The van der Waals surface area contributed by atoms with Gasteiger partial charge in [0.1, 0.15) is 0 Å². The maximum Gasteiger partial charge on any atom is 0.328 e. The smallest absolute Gasteiger partial charge is 0.328 e. The summed E-state index contributed by atoms with van der Waals surface area (Å²) < 4.78 is 0. The van der Waals surface area contributed by atoms with E-state index in [2.05, 4.69) is 10.6 Å². The quantitative estimate of drug-likeness (QED) is 0.699. The molecular weight excluding hydrogens is 240 g/mol. The van der Waals surface area contributed by atoms with Crippen molar-refractivity contribution >= 4 is 29.4 Å². The van der Waals surface area contributed by atoms with Crippen molar-refractivity contribution in [2.45, 2.75) is 13.5 Å². The zero-order valence-corrected chi connectivity index (χ0v) is 10.2. The van der Waals surface area contributed by atoms with Crippen LogP contribution in [0, 0.1) is 0 Å². The van der Waals surface area contributed by atoms with Gasteiger partial charge in [-0.25, -0.2) is 9.59 Å². The van der Waals surface area contributed by atoms with Crippen LogP contribution >= 0.6 is 11.3 Å². The SMILES string of the molecule is CCNC(=O)NCc1sccc1C=CC(=O)O. The summed E-state index contributed by atoms with van der Waals surface area (Å²) in [6.45, 7) is 2.80. The second-order valence-corrected chi connectivity index (χ2v) is 4.18. The molecule has 0 atom stereocenters. The van der Waals surface area contributed by atoms with Crippen molar-refractivity contribution in [2.75, 3.05) is 6.54 Å². The molecule has 0 saturated carbocycles. The third kappa shape index (κ3) is 4.69. The number of aliphatic carboxylic acids is 1. The third-order valence-corrected chi connectivity index (χ3v) is 2.87. The van der Waals surface area contributed by atoms with Crippen LogP contribution in [-0.4, -0.2) is 23.7 Å². The average Bonchev–Trinajstić information content (AvgIpc) is 2.71. The second kappa shape index (κ2) is 6.70. The van der Waals surface area contributed by atoms with Crippen LogP contribution in [0.15, 0.2) is 17.5 Å². The lowest BCUT2D eigenvalue weighted by atomic mass is 10.2. The first-order chi connectivity index (χ1) is 8.13. The zero-order chi connectivity index (χ0) is 12.7. The normalized spacial score (nSPS) is 10.4. The fourth-order valence-corrected chi connectivity index (χ4v) is 1.99. The van der Waals surface area contributed by atoms with Crippen molar-refractivity contribution in [3.8, 4) is 0 Å². The molecule has 6 heteroatoms. The highest BCUT2D eigenvalue weighted by Crippen LogP contribution is 2.17. The Kier molecular flexibility index (Phi) is 5.22. The van der Waals surface area contributed by atoms with Crippen LogP contribution < -0.4 is 10.6 Å². The van der Waals surface area contributed by atoms with E-state index in [1.807, 2.05) is 18.4 Å². The van der Waals surface area contributed by atoms with Gasteiger partial charge in [-0.2, -0.15) is 0 Å². The van der Waals surface area contributed by atoms with Crippen molar-refractivity contribution in [3.63, 3.8) is 0 Å². The molecule has 0 bridgehead atoms. The highest BCUT2D eigenvalue weighted by atomic mass is 32.1. The summed E-state index contributed by atoms with van der Waals surface area (Å²) in [5.41, 5.74) is 0.814. The predicted octanol–water partition coefficient (Wildman–Crippen LogP) is 1.67. The van der Waals surface area contributed by atoms with E-state index >= 15 is 0 Å². The Morgan fingerprint density at radius 3 is 2.88 bits per heavy atom. The van der Waals surface area contributed by atoms with E-state index in [4.69, 9.17) is 5.11 Å². The summed E-state index contributed by atoms with van der Waals surface area (Å²) in [7, 11) is 0. The van der Waals surface area contributed by atoms with Gasteiger partial charge in [0.05, 0.1) is 6.54 Å². The summed E-state index contributed by atoms with van der Waals surface area (Å²) in [5, 5.41) is 15.7. The van der Waals surface area contributed by atoms with Crippen LogP contribution in [-0.2, 0) is 11.3 Å². The van der Waals surface area contributed by atoms with E-state index in [1.165, 1.54) is 17.4 Å². The van der Waals surface area contributed by atoms with Crippen molar-refractivity contribution in [1.82, 2.24) is 10.6 Å². The first kappa shape index (κ1) is 13.2. The molecule has 0 radical (unpaired) electrons.